The predicted molar refractivity (Wildman–Crippen MR) is 106 cm³/mol. The number of thiocarbonyl (C=S) groups is 1. The molecule has 0 spiro atoms. The van der Waals surface area contributed by atoms with E-state index in [1.165, 1.54) is 22.3 Å². The maximum absolute atomic E-state index is 5.89. The van der Waals surface area contributed by atoms with E-state index in [1.807, 2.05) is 24.3 Å². The Kier molecular flexibility index (Phi) is 5.07. The van der Waals surface area contributed by atoms with Crippen molar-refractivity contribution >= 4 is 40.3 Å². The largest absolute Gasteiger partial charge is 0.331 e. The van der Waals surface area contributed by atoms with Gasteiger partial charge in [0.25, 0.3) is 0 Å². The highest BCUT2D eigenvalue weighted by Gasteiger charge is 2.15. The molecule has 0 atom stereocenters. The monoisotopic (exact) mass is 357 g/mol. The fourth-order valence-corrected chi connectivity index (χ4v) is 3.27. The fourth-order valence-electron chi connectivity index (χ4n) is 2.98. The fraction of sp³-hybridized carbons (Fsp3) is 0.211. The van der Waals surface area contributed by atoms with E-state index in [1.54, 1.807) is 0 Å². The average molecular weight is 358 g/mol. The molecule has 0 amide bonds. The van der Waals surface area contributed by atoms with Crippen molar-refractivity contribution in [3.63, 3.8) is 0 Å². The van der Waals surface area contributed by atoms with Crippen molar-refractivity contribution in [2.24, 2.45) is 0 Å². The normalized spacial score (nSPS) is 12.9. The number of benzene rings is 2. The lowest BCUT2D eigenvalue weighted by atomic mass is 9.90. The minimum atomic E-state index is 0.509. The molecule has 0 saturated carbocycles. The van der Waals surface area contributed by atoms with Crippen LogP contribution < -0.4 is 16.2 Å². The van der Waals surface area contributed by atoms with Crippen molar-refractivity contribution in [3.05, 3.63) is 69.8 Å². The Morgan fingerprint density at radius 1 is 1.12 bits per heavy atom. The third-order valence-corrected chi connectivity index (χ3v) is 4.52. The Hall–Kier alpha value is -2.04. The zero-order chi connectivity index (χ0) is 17.1. The summed E-state index contributed by atoms with van der Waals surface area (Å²) in [5.41, 5.74) is 13.5. The summed E-state index contributed by atoms with van der Waals surface area (Å²) in [5.74, 6) is 0. The van der Waals surface area contributed by atoms with Crippen LogP contribution in [0.15, 0.2) is 42.5 Å². The third kappa shape index (κ3) is 3.89. The number of allylic oxidation sites excluding steroid dienone is 1. The number of hydrogen-bond donors (Lipinski definition) is 3. The lowest BCUT2D eigenvalue weighted by Gasteiger charge is -2.23. The smallest absolute Gasteiger partial charge is 0.189 e. The van der Waals surface area contributed by atoms with Crippen molar-refractivity contribution < 1.29 is 0 Å². The van der Waals surface area contributed by atoms with Crippen molar-refractivity contribution in [3.8, 4) is 0 Å². The average Bonchev–Trinajstić information content (AvgIpc) is 2.55. The van der Waals surface area contributed by atoms with Gasteiger partial charge in [0.2, 0.25) is 0 Å². The van der Waals surface area contributed by atoms with E-state index in [9.17, 15) is 0 Å². The Balaban J connectivity index is 1.66. The molecule has 0 saturated heterocycles. The first-order valence-corrected chi connectivity index (χ1v) is 8.71. The molecule has 3 rings (SSSR count). The second kappa shape index (κ2) is 7.24. The first-order valence-electron chi connectivity index (χ1n) is 7.92. The van der Waals surface area contributed by atoms with Gasteiger partial charge in [-0.1, -0.05) is 29.3 Å². The van der Waals surface area contributed by atoms with E-state index >= 15 is 0 Å². The van der Waals surface area contributed by atoms with E-state index in [0.29, 0.717) is 10.1 Å². The van der Waals surface area contributed by atoms with Gasteiger partial charge in [-0.05, 0) is 80.4 Å². The van der Waals surface area contributed by atoms with Crippen molar-refractivity contribution in [1.82, 2.24) is 10.9 Å². The molecule has 1 aliphatic rings. The molecule has 3 N–H and O–H groups in total. The highest BCUT2D eigenvalue weighted by molar-refractivity contribution is 7.80. The van der Waals surface area contributed by atoms with Crippen LogP contribution in [0.4, 0.5) is 5.69 Å². The molecule has 0 fully saturated rings. The number of fused-ring (bicyclic) bond motifs is 1. The van der Waals surface area contributed by atoms with Crippen LogP contribution in [0.1, 0.15) is 28.7 Å². The predicted octanol–water partition coefficient (Wildman–Crippen LogP) is 4.74. The van der Waals surface area contributed by atoms with Gasteiger partial charge in [0.15, 0.2) is 5.11 Å². The quantitative estimate of drug-likeness (QED) is 0.548. The molecule has 0 unspecified atom stereocenters. The summed E-state index contributed by atoms with van der Waals surface area (Å²) in [6.45, 7) is 4.30. The number of aryl methyl sites for hydroxylation is 2. The maximum atomic E-state index is 5.89. The number of anilines is 1. The van der Waals surface area contributed by atoms with E-state index in [-0.39, 0.29) is 0 Å². The number of hydrazine groups is 1. The van der Waals surface area contributed by atoms with Gasteiger partial charge in [-0.3, -0.25) is 10.9 Å². The Labute approximate surface area is 153 Å². The number of rotatable bonds is 3. The summed E-state index contributed by atoms with van der Waals surface area (Å²) in [5, 5.41) is 4.34. The van der Waals surface area contributed by atoms with Crippen LogP contribution in [0.2, 0.25) is 5.02 Å². The Morgan fingerprint density at radius 3 is 2.62 bits per heavy atom. The lowest BCUT2D eigenvalue weighted by molar-refractivity contribution is 0.824. The summed E-state index contributed by atoms with van der Waals surface area (Å²) in [7, 11) is 0. The molecular formula is C19H20ClN3S. The van der Waals surface area contributed by atoms with Gasteiger partial charge in [0.1, 0.15) is 0 Å². The number of halogens is 1. The van der Waals surface area contributed by atoms with E-state index in [2.05, 4.69) is 48.2 Å². The van der Waals surface area contributed by atoms with E-state index in [4.69, 9.17) is 23.8 Å². The first kappa shape index (κ1) is 16.8. The minimum absolute atomic E-state index is 0.509. The van der Waals surface area contributed by atoms with Crippen LogP contribution in [0.3, 0.4) is 0 Å². The molecule has 5 heteroatoms. The summed E-state index contributed by atoms with van der Waals surface area (Å²) >= 11 is 11.2. The molecular weight excluding hydrogens is 338 g/mol. The zero-order valence-electron chi connectivity index (χ0n) is 13.7. The molecule has 0 radical (unpaired) electrons. The van der Waals surface area contributed by atoms with Crippen LogP contribution in [0, 0.1) is 13.8 Å². The first-order chi connectivity index (χ1) is 11.5. The van der Waals surface area contributed by atoms with E-state index in [0.717, 1.165) is 24.2 Å². The number of nitrogens with one attached hydrogen (secondary N) is 3. The minimum Gasteiger partial charge on any atom is -0.331 e. The standard InChI is InChI=1S/C19H20ClN3S/c1-12-10-13(2)16-4-3-5-18(17(16)11-12)22-23-19(24)21-15-8-6-14(20)7-9-15/h5-11,22H,3-4H2,1-2H3,(H2,21,23,24). The summed E-state index contributed by atoms with van der Waals surface area (Å²) in [6.07, 6.45) is 4.32. The van der Waals surface area contributed by atoms with Gasteiger partial charge in [0.05, 0.1) is 5.70 Å². The van der Waals surface area contributed by atoms with Crippen LogP contribution in [-0.2, 0) is 6.42 Å². The van der Waals surface area contributed by atoms with Gasteiger partial charge in [-0.2, -0.15) is 0 Å². The van der Waals surface area contributed by atoms with E-state index < -0.39 is 0 Å². The molecule has 0 aliphatic heterocycles. The van der Waals surface area contributed by atoms with Gasteiger partial charge < -0.3 is 5.32 Å². The van der Waals surface area contributed by atoms with Crippen molar-refractivity contribution in [2.45, 2.75) is 26.7 Å². The molecule has 0 bridgehead atoms. The highest BCUT2D eigenvalue weighted by Crippen LogP contribution is 2.28. The molecule has 2 aromatic rings. The maximum Gasteiger partial charge on any atom is 0.189 e. The molecule has 3 nitrogen and oxygen atoms in total. The molecule has 0 heterocycles. The second-order valence-electron chi connectivity index (χ2n) is 5.98. The topological polar surface area (TPSA) is 36.1 Å². The van der Waals surface area contributed by atoms with Gasteiger partial charge >= 0.3 is 0 Å². The lowest BCUT2D eigenvalue weighted by Crippen LogP contribution is -2.39. The zero-order valence-corrected chi connectivity index (χ0v) is 15.3. The second-order valence-corrected chi connectivity index (χ2v) is 6.82. The SMILES string of the molecule is Cc1cc(C)c2c(c1)C(NNC(=S)Nc1ccc(Cl)cc1)=CCC2. The molecule has 1 aliphatic carbocycles. The molecule has 0 aromatic heterocycles. The molecule has 124 valence electrons. The van der Waals surface area contributed by atoms with Crippen LogP contribution in [-0.4, -0.2) is 5.11 Å². The summed E-state index contributed by atoms with van der Waals surface area (Å²) < 4.78 is 0. The van der Waals surface area contributed by atoms with Crippen LogP contribution in [0.5, 0.6) is 0 Å². The summed E-state index contributed by atoms with van der Waals surface area (Å²) in [6, 6.07) is 11.9. The Morgan fingerprint density at radius 2 is 1.88 bits per heavy atom. The van der Waals surface area contributed by atoms with Crippen LogP contribution in [0.25, 0.3) is 5.70 Å². The van der Waals surface area contributed by atoms with Gasteiger partial charge in [-0.25, -0.2) is 0 Å². The Bertz CT molecular complexity index is 797. The molecule has 2 aromatic carbocycles. The number of hydrogen-bond acceptors (Lipinski definition) is 2. The van der Waals surface area contributed by atoms with Crippen molar-refractivity contribution in [2.75, 3.05) is 5.32 Å². The third-order valence-electron chi connectivity index (χ3n) is 4.06. The van der Waals surface area contributed by atoms with Gasteiger partial charge in [-0.15, -0.1) is 0 Å². The molecule has 24 heavy (non-hydrogen) atoms. The van der Waals surface area contributed by atoms with Crippen LogP contribution >= 0.6 is 23.8 Å². The van der Waals surface area contributed by atoms with Crippen molar-refractivity contribution in [1.29, 1.82) is 0 Å². The summed E-state index contributed by atoms with van der Waals surface area (Å²) in [4.78, 5) is 0. The van der Waals surface area contributed by atoms with Gasteiger partial charge in [0, 0.05) is 16.3 Å². The highest BCUT2D eigenvalue weighted by atomic mass is 35.5.